The van der Waals surface area contributed by atoms with Gasteiger partial charge in [-0.15, -0.1) is 0 Å². The zero-order chi connectivity index (χ0) is 22.9. The van der Waals surface area contributed by atoms with E-state index in [1.54, 1.807) is 18.2 Å². The summed E-state index contributed by atoms with van der Waals surface area (Å²) in [4.78, 5) is 38.0. The Labute approximate surface area is 191 Å². The van der Waals surface area contributed by atoms with Crippen LogP contribution in [-0.2, 0) is 6.42 Å². The lowest BCUT2D eigenvalue weighted by atomic mass is 9.84. The minimum atomic E-state index is -0.272. The Morgan fingerprint density at radius 1 is 0.667 bits per heavy atom. The highest BCUT2D eigenvalue weighted by atomic mass is 16.1. The lowest BCUT2D eigenvalue weighted by molar-refractivity contribution is 0.0988. The minimum Gasteiger partial charge on any atom is -0.322 e. The zero-order valence-electron chi connectivity index (χ0n) is 18.1. The number of carbonyl (C=O) groups is 3. The summed E-state index contributed by atoms with van der Waals surface area (Å²) < 4.78 is 0. The molecule has 0 aliphatic heterocycles. The van der Waals surface area contributed by atoms with E-state index in [4.69, 9.17) is 0 Å². The maximum absolute atomic E-state index is 13.3. The predicted octanol–water partition coefficient (Wildman–Crippen LogP) is 6.21. The van der Waals surface area contributed by atoms with Crippen LogP contribution in [0.3, 0.4) is 0 Å². The lowest BCUT2D eigenvalue weighted by Crippen LogP contribution is -2.16. The van der Waals surface area contributed by atoms with Crippen LogP contribution in [-0.4, -0.2) is 17.5 Å². The van der Waals surface area contributed by atoms with Crippen LogP contribution in [0.5, 0.6) is 0 Å². The minimum absolute atomic E-state index is 0.0551. The van der Waals surface area contributed by atoms with Crippen molar-refractivity contribution in [2.45, 2.75) is 13.3 Å². The highest BCUT2D eigenvalue weighted by molar-refractivity contribution is 6.12. The van der Waals surface area contributed by atoms with Crippen molar-refractivity contribution in [2.24, 2.45) is 0 Å². The van der Waals surface area contributed by atoms with E-state index in [0.717, 1.165) is 27.8 Å². The number of nitrogens with one attached hydrogen (secondary N) is 1. The van der Waals surface area contributed by atoms with Crippen LogP contribution in [0.4, 0.5) is 5.69 Å². The molecule has 1 amide bonds. The Balaban J connectivity index is 1.49. The molecule has 4 heteroatoms. The Morgan fingerprint density at radius 2 is 1.24 bits per heavy atom. The molecule has 1 aliphatic rings. The average Bonchev–Trinajstić information content (AvgIpc) is 2.84. The SMILES string of the molecule is CC(=O)c1ccccc1-c1ccccc1C(=O)Nc1ccc2c(c1)CC(=O)c1ccccc1-2. The summed E-state index contributed by atoms with van der Waals surface area (Å²) in [5, 5.41) is 2.97. The average molecular weight is 431 g/mol. The Morgan fingerprint density at radius 3 is 1.94 bits per heavy atom. The van der Waals surface area contributed by atoms with Gasteiger partial charge >= 0.3 is 0 Å². The fourth-order valence-corrected chi connectivity index (χ4v) is 4.45. The van der Waals surface area contributed by atoms with Crippen molar-refractivity contribution in [3.63, 3.8) is 0 Å². The summed E-state index contributed by atoms with van der Waals surface area (Å²) in [6.45, 7) is 1.52. The molecule has 4 aromatic carbocycles. The molecular weight excluding hydrogens is 410 g/mol. The van der Waals surface area contributed by atoms with Crippen molar-refractivity contribution >= 4 is 23.2 Å². The molecule has 160 valence electrons. The molecule has 0 heterocycles. The second-order valence-corrected chi connectivity index (χ2v) is 8.12. The quantitative estimate of drug-likeness (QED) is 0.391. The highest BCUT2D eigenvalue weighted by Crippen LogP contribution is 2.35. The number of benzene rings is 4. The van der Waals surface area contributed by atoms with Crippen LogP contribution in [0.2, 0.25) is 0 Å². The number of hydrogen-bond donors (Lipinski definition) is 1. The smallest absolute Gasteiger partial charge is 0.256 e. The van der Waals surface area contributed by atoms with Gasteiger partial charge in [0.2, 0.25) is 0 Å². The molecule has 0 atom stereocenters. The maximum atomic E-state index is 13.3. The normalized spacial score (nSPS) is 12.0. The van der Waals surface area contributed by atoms with Crippen molar-refractivity contribution < 1.29 is 14.4 Å². The van der Waals surface area contributed by atoms with Gasteiger partial charge in [0.1, 0.15) is 0 Å². The van der Waals surface area contributed by atoms with Crippen molar-refractivity contribution in [1.29, 1.82) is 0 Å². The number of anilines is 1. The zero-order valence-corrected chi connectivity index (χ0v) is 18.1. The van der Waals surface area contributed by atoms with Crippen LogP contribution in [0.15, 0.2) is 91.0 Å². The van der Waals surface area contributed by atoms with Gasteiger partial charge in [0.25, 0.3) is 5.91 Å². The van der Waals surface area contributed by atoms with Gasteiger partial charge in [-0.05, 0) is 52.9 Å². The van der Waals surface area contributed by atoms with Gasteiger partial charge in [0.05, 0.1) is 0 Å². The fraction of sp³-hybridized carbons (Fsp3) is 0.0690. The summed E-state index contributed by atoms with van der Waals surface area (Å²) in [7, 11) is 0. The lowest BCUT2D eigenvalue weighted by Gasteiger charge is -2.20. The van der Waals surface area contributed by atoms with Crippen LogP contribution < -0.4 is 5.32 Å². The first-order valence-electron chi connectivity index (χ1n) is 10.8. The third-order valence-electron chi connectivity index (χ3n) is 6.00. The molecule has 0 unspecified atom stereocenters. The Bertz CT molecular complexity index is 1430. The molecule has 0 fully saturated rings. The van der Waals surface area contributed by atoms with Crippen LogP contribution >= 0.6 is 0 Å². The first-order valence-corrected chi connectivity index (χ1v) is 10.8. The third kappa shape index (κ3) is 3.76. The van der Waals surface area contributed by atoms with Gasteiger partial charge in [0, 0.05) is 28.8 Å². The van der Waals surface area contributed by atoms with Crippen molar-refractivity contribution in [3.8, 4) is 22.3 Å². The molecule has 1 N–H and O–H groups in total. The molecule has 33 heavy (non-hydrogen) atoms. The van der Waals surface area contributed by atoms with Crippen LogP contribution in [0.1, 0.15) is 43.6 Å². The number of rotatable bonds is 4. The molecule has 0 spiro atoms. The van der Waals surface area contributed by atoms with Gasteiger partial charge in [-0.3, -0.25) is 14.4 Å². The van der Waals surface area contributed by atoms with E-state index in [0.29, 0.717) is 28.8 Å². The van der Waals surface area contributed by atoms with E-state index in [-0.39, 0.29) is 17.5 Å². The fourth-order valence-electron chi connectivity index (χ4n) is 4.45. The number of hydrogen-bond acceptors (Lipinski definition) is 3. The maximum Gasteiger partial charge on any atom is 0.256 e. The number of fused-ring (bicyclic) bond motifs is 3. The monoisotopic (exact) mass is 431 g/mol. The van der Waals surface area contributed by atoms with E-state index in [1.165, 1.54) is 6.92 Å². The van der Waals surface area contributed by atoms with Crippen LogP contribution in [0, 0.1) is 0 Å². The van der Waals surface area contributed by atoms with Crippen LogP contribution in [0.25, 0.3) is 22.3 Å². The Kier molecular flexibility index (Phi) is 5.19. The topological polar surface area (TPSA) is 63.2 Å². The van der Waals surface area contributed by atoms with Gasteiger partial charge in [-0.25, -0.2) is 0 Å². The number of carbonyl (C=O) groups excluding carboxylic acids is 3. The molecule has 0 aromatic heterocycles. The molecule has 0 radical (unpaired) electrons. The molecule has 0 bridgehead atoms. The van der Waals surface area contributed by atoms with Gasteiger partial charge in [-0.1, -0.05) is 72.8 Å². The second-order valence-electron chi connectivity index (χ2n) is 8.12. The molecule has 0 saturated heterocycles. The molecule has 1 aliphatic carbocycles. The van der Waals surface area contributed by atoms with Gasteiger partial charge < -0.3 is 5.32 Å². The van der Waals surface area contributed by atoms with Crippen molar-refractivity contribution in [3.05, 3.63) is 113 Å². The number of Topliss-reactive ketones (excluding diaryl/α,β-unsaturated/α-hetero) is 2. The second kappa shape index (κ2) is 8.32. The number of ketones is 2. The van der Waals surface area contributed by atoms with Crippen molar-refractivity contribution in [1.82, 2.24) is 0 Å². The van der Waals surface area contributed by atoms with E-state index in [9.17, 15) is 14.4 Å². The summed E-state index contributed by atoms with van der Waals surface area (Å²) >= 11 is 0. The molecule has 0 saturated carbocycles. The van der Waals surface area contributed by atoms with Gasteiger partial charge in [0.15, 0.2) is 11.6 Å². The molecular formula is C29H21NO3. The molecule has 4 nitrogen and oxygen atoms in total. The summed E-state index contributed by atoms with van der Waals surface area (Å²) in [6.07, 6.45) is 0.304. The summed E-state index contributed by atoms with van der Waals surface area (Å²) in [5.41, 5.74) is 6.67. The van der Waals surface area contributed by atoms with Crippen molar-refractivity contribution in [2.75, 3.05) is 5.32 Å². The Hall–Kier alpha value is -4.31. The standard InChI is InChI=1S/C29H21NO3/c1-18(31)21-8-2-3-9-23(21)25-11-5-7-13-27(25)29(33)30-20-14-15-22-19(16-20)17-28(32)26-12-6-4-10-24(22)26/h2-16H,17H2,1H3,(H,30,33). The summed E-state index contributed by atoms with van der Waals surface area (Å²) in [6, 6.07) is 27.8. The first-order chi connectivity index (χ1) is 16.0. The third-order valence-corrected chi connectivity index (χ3v) is 6.00. The van der Waals surface area contributed by atoms with E-state index in [1.807, 2.05) is 72.8 Å². The number of amides is 1. The molecule has 5 rings (SSSR count). The first kappa shape index (κ1) is 20.6. The predicted molar refractivity (Wildman–Crippen MR) is 130 cm³/mol. The summed E-state index contributed by atoms with van der Waals surface area (Å²) in [5.74, 6) is -0.250. The van der Waals surface area contributed by atoms with E-state index in [2.05, 4.69) is 5.32 Å². The van der Waals surface area contributed by atoms with E-state index >= 15 is 0 Å². The molecule has 4 aromatic rings. The van der Waals surface area contributed by atoms with Gasteiger partial charge in [-0.2, -0.15) is 0 Å². The largest absolute Gasteiger partial charge is 0.322 e. The van der Waals surface area contributed by atoms with E-state index < -0.39 is 0 Å². The highest BCUT2D eigenvalue weighted by Gasteiger charge is 2.23.